The first-order valence-electron chi connectivity index (χ1n) is 47.9. The first-order chi connectivity index (χ1) is 66.2. The third-order valence-corrected chi connectivity index (χ3v) is 28.4. The average molecular weight is 2090 g/mol. The number of hydrogen-bond donors (Lipinski definition) is 6. The minimum atomic E-state index is -3.43. The number of ether oxygens (including phenoxy) is 4. The van der Waals surface area contributed by atoms with Gasteiger partial charge in [0, 0.05) is 135 Å². The van der Waals surface area contributed by atoms with Crippen molar-refractivity contribution in [3.8, 4) is 12.1 Å². The Morgan fingerprint density at radius 3 is 0.930 bits per heavy atom. The second-order valence-electron chi connectivity index (χ2n) is 39.0. The topological polar surface area (TPSA) is 493 Å². The van der Waals surface area contributed by atoms with Gasteiger partial charge in [0.15, 0.2) is 31.2 Å². The molecule has 4 aromatic heterocycles. The van der Waals surface area contributed by atoms with Gasteiger partial charge in [0.05, 0.1) is 126 Å². The van der Waals surface area contributed by atoms with Crippen LogP contribution in [0.3, 0.4) is 0 Å². The Hall–Kier alpha value is -10.2. The number of ketones is 4. The Bertz CT molecular complexity index is 5830. The minimum Gasteiger partial charge on any atom is -0.870 e. The molecule has 8 fully saturated rings. The summed E-state index contributed by atoms with van der Waals surface area (Å²) in [6.07, 6.45) is 28.7. The third kappa shape index (κ3) is 32.9. The molecule has 0 bridgehead atoms. The van der Waals surface area contributed by atoms with Gasteiger partial charge in [-0.3, -0.25) is 24.0 Å². The zero-order chi connectivity index (χ0) is 101. The molecule has 0 atom stereocenters. The van der Waals surface area contributed by atoms with Gasteiger partial charge in [-0.05, 0) is 239 Å². The van der Waals surface area contributed by atoms with E-state index in [9.17, 15) is 40.8 Å². The smallest absolute Gasteiger partial charge is 0.870 e. The number of primary amides is 1. The molecular weight excluding hydrogens is 1940 g/mol. The molecule has 0 unspecified atom stereocenters. The zero-order valence-electron chi connectivity index (χ0n) is 83.6. The maximum absolute atomic E-state index is 13.0. The van der Waals surface area contributed by atoms with Crippen LogP contribution in [0.15, 0.2) is 127 Å². The van der Waals surface area contributed by atoms with Gasteiger partial charge in [0.25, 0.3) is 5.91 Å². The number of carbonyl (C=O) groups excluding carboxylic acids is 5. The molecule has 4 aliphatic heterocycles. The number of halogens is 2. The first-order valence-corrected chi connectivity index (χ1v) is 53.1. The van der Waals surface area contributed by atoms with Gasteiger partial charge >= 0.3 is 18.9 Å². The van der Waals surface area contributed by atoms with E-state index in [1.54, 1.807) is 51.0 Å². The number of carbonyl (C=O) groups is 5. The number of benzene rings is 4. The van der Waals surface area contributed by atoms with Gasteiger partial charge in [-0.15, -0.1) is 0 Å². The van der Waals surface area contributed by atoms with Crippen molar-refractivity contribution in [2.75, 3.05) is 151 Å². The van der Waals surface area contributed by atoms with E-state index in [4.69, 9.17) is 57.6 Å². The van der Waals surface area contributed by atoms with Gasteiger partial charge in [-0.25, -0.2) is 56.7 Å². The maximum Gasteiger partial charge on any atom is 1.00 e. The van der Waals surface area contributed by atoms with Crippen molar-refractivity contribution in [3.05, 3.63) is 172 Å². The van der Waals surface area contributed by atoms with E-state index in [0.29, 0.717) is 111 Å². The maximum atomic E-state index is 13.0. The van der Waals surface area contributed by atoms with Gasteiger partial charge in [-0.1, -0.05) is 94.5 Å². The van der Waals surface area contributed by atoms with Crippen LogP contribution in [-0.4, -0.2) is 231 Å². The second-order valence-corrected chi connectivity index (χ2v) is 44.5. The SMILES string of the molecule is C.C.CC(=O)C1(c2ccc(N(CC(C)C)C3CCOCC3)c(N)c2)CC1.CC(=O)C1(c2ccc(N(CC(C)C)C3CCOCC3)c(Nc3cnc(C#N)nc3)c2)CC1.CC(C)CN(c1ccc(C2(C(=O)CS(C)(=O)=O)CC2)cc1Nc1cnc(C#N)nc1)C1CCOCC1.CC(C)CN(c1ccc(C2(C(=O)CS(C)(=O)=O)CC2)cc1Nc1cnc(C(N)=O)nc1)C1CCOCC1.CO.Clc1ncc(Br)cn1.[Li+].[OH-]. The first kappa shape index (κ1) is 120. The van der Waals surface area contributed by atoms with E-state index in [2.05, 4.69) is 177 Å². The number of aliphatic hydroxyl groups excluding tert-OH is 1. The van der Waals surface area contributed by atoms with Crippen LogP contribution in [0.5, 0.6) is 0 Å². The minimum absolute atomic E-state index is 0. The van der Waals surface area contributed by atoms with Gasteiger partial charge in [0.2, 0.25) is 22.8 Å². The predicted molar refractivity (Wildman–Crippen MR) is 561 cm³/mol. The molecule has 16 rings (SSSR count). The fourth-order valence-electron chi connectivity index (χ4n) is 18.6. The molecule has 772 valence electrons. The van der Waals surface area contributed by atoms with E-state index in [-0.39, 0.29) is 102 Å². The average Bonchev–Trinajstić information content (AvgIpc) is 1.59. The molecule has 9 N–H and O–H groups in total. The molecule has 1 amide bonds. The van der Waals surface area contributed by atoms with Crippen molar-refractivity contribution >= 4 is 139 Å². The third-order valence-electron chi connectivity index (χ3n) is 26.2. The summed E-state index contributed by atoms with van der Waals surface area (Å²) in [5, 5.41) is 35.6. The molecule has 0 radical (unpaired) electrons. The fourth-order valence-corrected chi connectivity index (χ4v) is 20.4. The second kappa shape index (κ2) is 54.3. The quantitative estimate of drug-likeness (QED) is 0.0122. The van der Waals surface area contributed by atoms with Crippen LogP contribution in [0, 0.1) is 46.3 Å². The van der Waals surface area contributed by atoms with E-state index in [0.717, 1.165) is 222 Å². The molecule has 4 saturated carbocycles. The molecule has 34 nitrogen and oxygen atoms in total. The summed E-state index contributed by atoms with van der Waals surface area (Å²) in [5.74, 6) is 0.356. The van der Waals surface area contributed by atoms with Crippen molar-refractivity contribution in [1.29, 1.82) is 10.5 Å². The standard InChI is InChI=1S/C26H35N5O5S.C26H33N5O4S.C25H31N5O2.C20H30N2O2.C4H2BrClN2.CH4O.2CH4.Li.H2O/c1-17(2)15-31(20-6-10-36-11-7-20)22-5-4-18(26(8-9-26)23(32)16-37(3,34)35)12-21(22)30-19-13-28-25(24(27)33)29-14-19;1-18(2)16-31(21-6-10-35-11-7-21)23-5-4-19(26(8-9-26)24(32)17-36(3,33)34)12-22(23)30-20-14-28-25(13-27)29-15-20;1-17(2)16-30(21-6-10-32-11-7-21)23-5-4-19(25(8-9-25)18(3)31)12-22(23)29-20-14-27-24(13-26)28-15-20;1-14(2)13-22(17-6-10-24-11-7-17)19-5-4-16(12-18(19)21)20(8-9-20)15(3)23;5-3-1-7-4(6)8-2-3;1-2;;;;/h4-5,12-14,17,20,30H,6-11,15-16H2,1-3H3,(H2,27,33);4-5,12,14-15,18,21,30H,6-11,16-17H2,1-3H3;4-5,12,14-15,17,21,29H,6-11,16H2,1-3H3;4-5,12,14,17H,6-11,13,21H2,1-3H3;1-2H;2H,1H3;2*1H4;;1H2/q;;;;;;;;+1;/p-1. The fraction of sp³-hybridized carbons (Fsp3) is 0.548. The van der Waals surface area contributed by atoms with Crippen LogP contribution >= 0.6 is 27.5 Å². The number of rotatable bonds is 35. The number of nitriles is 2. The van der Waals surface area contributed by atoms with E-state index in [1.165, 1.54) is 12.4 Å². The summed E-state index contributed by atoms with van der Waals surface area (Å²) in [6.45, 7) is 30.7. The van der Waals surface area contributed by atoms with E-state index >= 15 is 0 Å². The van der Waals surface area contributed by atoms with E-state index in [1.807, 2.05) is 54.6 Å². The number of anilines is 11. The molecule has 8 aromatic rings. The van der Waals surface area contributed by atoms with Crippen molar-refractivity contribution in [2.24, 2.45) is 29.4 Å². The van der Waals surface area contributed by atoms with Crippen molar-refractivity contribution in [3.63, 3.8) is 0 Å². The number of nitrogens with one attached hydrogen (secondary N) is 3. The zero-order valence-corrected chi connectivity index (χ0v) is 87.5. The largest absolute Gasteiger partial charge is 1.00 e. The number of aromatic nitrogens is 8. The Balaban J connectivity index is 0.000000250. The Morgan fingerprint density at radius 2 is 0.699 bits per heavy atom. The van der Waals surface area contributed by atoms with Crippen LogP contribution in [0.2, 0.25) is 5.28 Å². The Kier molecular flexibility index (Phi) is 45.4. The van der Waals surface area contributed by atoms with Crippen LogP contribution in [0.4, 0.5) is 62.6 Å². The van der Waals surface area contributed by atoms with Crippen LogP contribution in [0.1, 0.15) is 231 Å². The number of Topliss-reactive ketones (excluding diaryl/α,β-unsaturated/α-hetero) is 4. The summed E-state index contributed by atoms with van der Waals surface area (Å²) < 4.78 is 70.6. The van der Waals surface area contributed by atoms with Crippen molar-refractivity contribution in [1.82, 2.24) is 39.9 Å². The van der Waals surface area contributed by atoms with Crippen LogP contribution in [0.25, 0.3) is 0 Å². The van der Waals surface area contributed by atoms with Gasteiger partial charge in [0.1, 0.15) is 35.2 Å². The molecule has 0 spiro atoms. The number of hydrogen-bond acceptors (Lipinski definition) is 33. The molecule has 39 heteroatoms. The van der Waals surface area contributed by atoms with Gasteiger partial charge in [-0.2, -0.15) is 10.5 Å². The number of aliphatic hydroxyl groups is 1. The number of nitrogen functional groups attached to an aromatic ring is 1. The Morgan fingerprint density at radius 1 is 0.448 bits per heavy atom. The number of nitrogens with zero attached hydrogens (tertiary/aromatic N) is 14. The normalized spacial score (nSPS) is 16.8. The van der Waals surface area contributed by atoms with Crippen molar-refractivity contribution < 1.29 is 89.2 Å². The molecule has 4 saturated heterocycles. The summed E-state index contributed by atoms with van der Waals surface area (Å²) in [5.41, 5.74) is 22.7. The molecule has 4 aromatic carbocycles. The number of sulfone groups is 2. The van der Waals surface area contributed by atoms with Crippen molar-refractivity contribution in [2.45, 2.75) is 233 Å². The Labute approximate surface area is 869 Å². The molecule has 4 aliphatic carbocycles. The van der Waals surface area contributed by atoms with Gasteiger partial charge < -0.3 is 76.5 Å². The number of nitrogens with two attached hydrogens (primary N) is 2. The van der Waals surface area contributed by atoms with Crippen LogP contribution in [-0.2, 0) is 79.5 Å². The summed E-state index contributed by atoms with van der Waals surface area (Å²) in [4.78, 5) is 103. The monoisotopic (exact) mass is 2080 g/mol. The molecule has 8 aliphatic rings. The summed E-state index contributed by atoms with van der Waals surface area (Å²) in [6, 6.07) is 29.9. The van der Waals surface area contributed by atoms with Crippen LogP contribution < -0.4 is 65.9 Å². The molecular formula is C104H144BrClLiN19O15S2. The molecule has 143 heavy (non-hydrogen) atoms. The summed E-state index contributed by atoms with van der Waals surface area (Å²) >= 11 is 8.53. The van der Waals surface area contributed by atoms with E-state index < -0.39 is 47.9 Å². The molecule has 8 heterocycles. The predicted octanol–water partition coefficient (Wildman–Crippen LogP) is 13.5. The summed E-state index contributed by atoms with van der Waals surface area (Å²) in [7, 11) is -5.85. The number of amides is 1.